The summed E-state index contributed by atoms with van der Waals surface area (Å²) < 4.78 is 72.7. The molecule has 2 rings (SSSR count). The predicted molar refractivity (Wildman–Crippen MR) is 93.1 cm³/mol. The summed E-state index contributed by atoms with van der Waals surface area (Å²) in [6, 6.07) is 4.40. The summed E-state index contributed by atoms with van der Waals surface area (Å²) >= 11 is 0.822. The van der Waals surface area contributed by atoms with E-state index in [9.17, 15) is 26.7 Å². The van der Waals surface area contributed by atoms with Gasteiger partial charge in [-0.3, -0.25) is 4.79 Å². The molecule has 1 aromatic heterocycles. The van der Waals surface area contributed by atoms with Crippen LogP contribution in [-0.2, 0) is 24.4 Å². The second-order valence-corrected chi connectivity index (χ2v) is 6.56. The summed E-state index contributed by atoms with van der Waals surface area (Å²) in [5, 5.41) is 9.08. The number of aromatic nitrogens is 3. The van der Waals surface area contributed by atoms with Crippen molar-refractivity contribution in [3.05, 3.63) is 29.6 Å². The number of amides is 1. The van der Waals surface area contributed by atoms with Gasteiger partial charge in [0.1, 0.15) is 0 Å². The van der Waals surface area contributed by atoms with E-state index in [2.05, 4.69) is 20.3 Å². The van der Waals surface area contributed by atoms with Crippen molar-refractivity contribution in [2.75, 3.05) is 19.4 Å². The van der Waals surface area contributed by atoms with Gasteiger partial charge in [0.25, 0.3) is 0 Å². The second-order valence-electron chi connectivity index (χ2n) is 5.62. The van der Waals surface area contributed by atoms with Crippen LogP contribution in [0.5, 0.6) is 11.5 Å². The average Bonchev–Trinajstić information content (AvgIpc) is 3.01. The van der Waals surface area contributed by atoms with Gasteiger partial charge in [0, 0.05) is 13.6 Å². The van der Waals surface area contributed by atoms with Crippen molar-refractivity contribution in [1.29, 1.82) is 0 Å². The number of rotatable bonds is 9. The number of thioether (sulfide) groups is 1. The van der Waals surface area contributed by atoms with Gasteiger partial charge in [-0.25, -0.2) is 0 Å². The summed E-state index contributed by atoms with van der Waals surface area (Å²) in [6.07, 6.45) is -4.25. The predicted octanol–water partition coefficient (Wildman–Crippen LogP) is 2.89. The van der Waals surface area contributed by atoms with Crippen molar-refractivity contribution >= 4 is 17.7 Å². The highest BCUT2D eigenvalue weighted by Gasteiger charge is 2.37. The van der Waals surface area contributed by atoms with Crippen LogP contribution in [-0.4, -0.2) is 46.7 Å². The van der Waals surface area contributed by atoms with Gasteiger partial charge in [0.2, 0.25) is 11.7 Å². The zero-order chi connectivity index (χ0) is 21.6. The number of hydrogen-bond donors (Lipinski definition) is 1. The largest absolute Gasteiger partial charge is 0.493 e. The molecule has 0 bridgehead atoms. The monoisotopic (exact) mass is 440 g/mol. The quantitative estimate of drug-likeness (QED) is 0.477. The van der Waals surface area contributed by atoms with E-state index < -0.39 is 24.5 Å². The minimum absolute atomic E-state index is 0.0353. The summed E-state index contributed by atoms with van der Waals surface area (Å²) in [6.45, 7) is -2.75. The number of benzene rings is 1. The molecule has 13 heteroatoms. The van der Waals surface area contributed by atoms with Gasteiger partial charge in [-0.2, -0.15) is 22.0 Å². The van der Waals surface area contributed by atoms with Crippen molar-refractivity contribution in [3.63, 3.8) is 0 Å². The maximum absolute atomic E-state index is 12.7. The van der Waals surface area contributed by atoms with Crippen LogP contribution >= 0.6 is 11.8 Å². The molecule has 29 heavy (non-hydrogen) atoms. The Morgan fingerprint density at radius 2 is 2.00 bits per heavy atom. The van der Waals surface area contributed by atoms with E-state index in [1.807, 2.05) is 0 Å². The fraction of sp³-hybridized carbons (Fsp3) is 0.438. The molecule has 2 aromatic rings. The molecule has 0 fully saturated rings. The highest BCUT2D eigenvalue weighted by molar-refractivity contribution is 7.99. The second kappa shape index (κ2) is 9.76. The first-order chi connectivity index (χ1) is 13.6. The van der Waals surface area contributed by atoms with E-state index in [1.165, 1.54) is 19.2 Å². The fourth-order valence-corrected chi connectivity index (χ4v) is 3.02. The number of halogens is 5. The number of methoxy groups -OCH3 is 1. The average molecular weight is 440 g/mol. The smallest absolute Gasteiger partial charge is 0.451 e. The van der Waals surface area contributed by atoms with Gasteiger partial charge >= 0.3 is 12.8 Å². The first-order valence-corrected chi connectivity index (χ1v) is 9.08. The minimum Gasteiger partial charge on any atom is -0.493 e. The summed E-state index contributed by atoms with van der Waals surface area (Å²) in [5.41, 5.74) is 0.708. The van der Waals surface area contributed by atoms with Crippen molar-refractivity contribution in [2.24, 2.45) is 7.05 Å². The third-order valence-electron chi connectivity index (χ3n) is 3.60. The van der Waals surface area contributed by atoms with E-state index in [0.29, 0.717) is 12.0 Å². The molecule has 0 saturated carbocycles. The highest BCUT2D eigenvalue weighted by Crippen LogP contribution is 2.30. The zero-order valence-electron chi connectivity index (χ0n) is 15.3. The number of hydrogen-bond acceptors (Lipinski definition) is 6. The maximum Gasteiger partial charge on any atom is 0.451 e. The molecule has 7 nitrogen and oxygen atoms in total. The molecule has 1 aromatic carbocycles. The van der Waals surface area contributed by atoms with Crippen LogP contribution in [0.4, 0.5) is 22.0 Å². The molecule has 0 spiro atoms. The number of alkyl halides is 5. The van der Waals surface area contributed by atoms with Crippen LogP contribution in [0, 0.1) is 0 Å². The number of ether oxygens (including phenoxy) is 2. The molecule has 0 unspecified atom stereocenters. The number of nitrogens with zero attached hydrogens (tertiary/aromatic N) is 3. The van der Waals surface area contributed by atoms with E-state index in [1.54, 1.807) is 6.07 Å². The topological polar surface area (TPSA) is 78.3 Å². The summed E-state index contributed by atoms with van der Waals surface area (Å²) in [5.74, 6) is -1.67. The highest BCUT2D eigenvalue weighted by atomic mass is 32.2. The zero-order valence-corrected chi connectivity index (χ0v) is 16.1. The Labute approximate surface area is 166 Å². The Morgan fingerprint density at radius 1 is 1.28 bits per heavy atom. The van der Waals surface area contributed by atoms with Crippen molar-refractivity contribution in [2.45, 2.75) is 24.4 Å². The minimum atomic E-state index is -4.63. The van der Waals surface area contributed by atoms with Gasteiger partial charge in [-0.05, 0) is 24.1 Å². The molecule has 0 aliphatic carbocycles. The van der Waals surface area contributed by atoms with Crippen LogP contribution in [0.15, 0.2) is 23.4 Å². The van der Waals surface area contributed by atoms with E-state index in [-0.39, 0.29) is 29.0 Å². The lowest BCUT2D eigenvalue weighted by Gasteiger charge is -2.11. The molecule has 0 atom stereocenters. The van der Waals surface area contributed by atoms with Crippen molar-refractivity contribution in [3.8, 4) is 11.5 Å². The molecular weight excluding hydrogens is 423 g/mol. The lowest BCUT2D eigenvalue weighted by atomic mass is 10.1. The Kier molecular flexibility index (Phi) is 7.65. The summed E-state index contributed by atoms with van der Waals surface area (Å²) in [4.78, 5) is 11.9. The van der Waals surface area contributed by atoms with E-state index >= 15 is 0 Å². The normalized spacial score (nSPS) is 11.6. The standard InChI is InChI=1S/C16H17F5N4O3S/c1-25-13(16(19,20)21)23-24-15(25)29-8-12(26)22-6-5-9-3-4-10(28-14(17)18)11(7-9)27-2/h3-4,7,14H,5-6,8H2,1-2H3,(H,22,26). The third kappa shape index (κ3) is 6.48. The lowest BCUT2D eigenvalue weighted by molar-refractivity contribution is -0.147. The Hall–Kier alpha value is -2.57. The molecule has 0 radical (unpaired) electrons. The molecule has 1 heterocycles. The van der Waals surface area contributed by atoms with E-state index in [4.69, 9.17) is 4.74 Å². The van der Waals surface area contributed by atoms with Crippen LogP contribution < -0.4 is 14.8 Å². The third-order valence-corrected chi connectivity index (χ3v) is 4.62. The first kappa shape index (κ1) is 22.7. The molecule has 160 valence electrons. The van der Waals surface area contributed by atoms with Crippen LogP contribution in [0.3, 0.4) is 0 Å². The Balaban J connectivity index is 1.82. The van der Waals surface area contributed by atoms with Gasteiger partial charge in [0.15, 0.2) is 16.7 Å². The van der Waals surface area contributed by atoms with Crippen molar-refractivity contribution in [1.82, 2.24) is 20.1 Å². The Morgan fingerprint density at radius 3 is 2.59 bits per heavy atom. The number of nitrogens with one attached hydrogen (secondary N) is 1. The summed E-state index contributed by atoms with van der Waals surface area (Å²) in [7, 11) is 2.48. The number of carbonyl (C=O) groups excluding carboxylic acids is 1. The number of carbonyl (C=O) groups is 1. The van der Waals surface area contributed by atoms with E-state index in [0.717, 1.165) is 23.4 Å². The van der Waals surface area contributed by atoms with Crippen LogP contribution in [0.25, 0.3) is 0 Å². The van der Waals surface area contributed by atoms with Crippen LogP contribution in [0.1, 0.15) is 11.4 Å². The molecule has 0 aliphatic rings. The van der Waals surface area contributed by atoms with Gasteiger partial charge in [-0.1, -0.05) is 17.8 Å². The van der Waals surface area contributed by atoms with Gasteiger partial charge in [0.05, 0.1) is 12.9 Å². The van der Waals surface area contributed by atoms with Crippen LogP contribution in [0.2, 0.25) is 0 Å². The van der Waals surface area contributed by atoms with Gasteiger partial charge in [-0.15, -0.1) is 10.2 Å². The molecular formula is C16H17F5N4O3S. The van der Waals surface area contributed by atoms with Gasteiger partial charge < -0.3 is 19.4 Å². The first-order valence-electron chi connectivity index (χ1n) is 8.09. The van der Waals surface area contributed by atoms with Crippen molar-refractivity contribution < 1.29 is 36.2 Å². The molecule has 1 N–H and O–H groups in total. The fourth-order valence-electron chi connectivity index (χ4n) is 2.28. The maximum atomic E-state index is 12.7. The molecule has 0 saturated heterocycles. The Bertz CT molecular complexity index is 844. The SMILES string of the molecule is COc1cc(CCNC(=O)CSc2nnc(C(F)(F)F)n2C)ccc1OC(F)F. The molecule has 1 amide bonds. The lowest BCUT2D eigenvalue weighted by Crippen LogP contribution is -2.27. The molecule has 0 aliphatic heterocycles.